The van der Waals surface area contributed by atoms with Crippen LogP contribution in [-0.2, 0) is 11.3 Å². The lowest BCUT2D eigenvalue weighted by molar-refractivity contribution is -0.139. The van der Waals surface area contributed by atoms with E-state index in [2.05, 4.69) is 5.32 Å². The maximum atomic E-state index is 13.2. The second-order valence-corrected chi connectivity index (χ2v) is 6.46. The molecule has 1 aliphatic carbocycles. The molecule has 1 aromatic rings. The van der Waals surface area contributed by atoms with E-state index < -0.39 is 29.5 Å². The molecule has 6 nitrogen and oxygen atoms in total. The van der Waals surface area contributed by atoms with E-state index in [-0.39, 0.29) is 30.7 Å². The fraction of sp³-hybridized carbons (Fsp3) is 0.529. The average molecular weight is 373 g/mol. The number of amides is 2. The Labute approximate surface area is 149 Å². The zero-order valence-electron chi connectivity index (χ0n) is 14.6. The van der Waals surface area contributed by atoms with Gasteiger partial charge in [0.25, 0.3) is 0 Å². The average Bonchev–Trinajstić information content (AvgIpc) is 2.53. The Morgan fingerprint density at radius 1 is 1.23 bits per heavy atom. The number of hydrogen-bond acceptors (Lipinski definition) is 3. The predicted molar refractivity (Wildman–Crippen MR) is 88.0 cm³/mol. The molecular weight excluding hydrogens is 351 g/mol. The van der Waals surface area contributed by atoms with Crippen molar-refractivity contribution >= 4 is 12.0 Å². The number of carbonyl (C=O) groups is 2. The van der Waals surface area contributed by atoms with Crippen LogP contribution < -0.4 is 5.32 Å². The van der Waals surface area contributed by atoms with Gasteiger partial charge in [0.2, 0.25) is 0 Å². The molecular formula is C17H22F3N3O3. The molecule has 2 N–H and O–H groups in total. The van der Waals surface area contributed by atoms with Gasteiger partial charge in [-0.2, -0.15) is 0 Å². The van der Waals surface area contributed by atoms with Gasteiger partial charge in [-0.05, 0) is 37.1 Å². The summed E-state index contributed by atoms with van der Waals surface area (Å²) < 4.78 is 39.4. The molecule has 1 aliphatic rings. The number of halogens is 3. The Morgan fingerprint density at radius 3 is 2.31 bits per heavy atom. The minimum Gasteiger partial charge on any atom is -0.480 e. The van der Waals surface area contributed by atoms with Gasteiger partial charge in [0, 0.05) is 25.7 Å². The topological polar surface area (TPSA) is 72.9 Å². The molecule has 0 aromatic heterocycles. The van der Waals surface area contributed by atoms with Crippen molar-refractivity contribution in [3.05, 3.63) is 35.1 Å². The summed E-state index contributed by atoms with van der Waals surface area (Å²) in [4.78, 5) is 26.0. The highest BCUT2D eigenvalue weighted by Crippen LogP contribution is 2.25. The maximum Gasteiger partial charge on any atom is 0.317 e. The summed E-state index contributed by atoms with van der Waals surface area (Å²) in [6.45, 7) is 2.38. The standard InChI is InChI=1S/C17H22F3N3O3/c1-3-23(9-15(24)25)12-6-11(7-12)21-17(26)22(2)8-10-4-13(18)16(20)14(19)5-10/h4-5,11-12H,3,6-9H2,1-2H3,(H,21,26)(H,24,25). The number of hydrogen-bond donors (Lipinski definition) is 2. The van der Waals surface area contributed by atoms with E-state index in [9.17, 15) is 22.8 Å². The number of carbonyl (C=O) groups excluding carboxylic acids is 1. The van der Waals surface area contributed by atoms with Crippen LogP contribution in [0.5, 0.6) is 0 Å². The Bertz CT molecular complexity index is 657. The van der Waals surface area contributed by atoms with Crippen LogP contribution >= 0.6 is 0 Å². The fourth-order valence-corrected chi connectivity index (χ4v) is 3.01. The molecule has 9 heteroatoms. The lowest BCUT2D eigenvalue weighted by atomic mass is 9.85. The van der Waals surface area contributed by atoms with Crippen molar-refractivity contribution in [2.24, 2.45) is 0 Å². The molecule has 2 rings (SSSR count). The van der Waals surface area contributed by atoms with Crippen molar-refractivity contribution in [3.63, 3.8) is 0 Å². The molecule has 0 spiro atoms. The second kappa shape index (κ2) is 8.39. The second-order valence-electron chi connectivity index (χ2n) is 6.46. The van der Waals surface area contributed by atoms with Crippen molar-refractivity contribution < 1.29 is 27.9 Å². The first kappa shape index (κ1) is 20.0. The monoisotopic (exact) mass is 373 g/mol. The minimum absolute atomic E-state index is 0.0383. The molecule has 0 heterocycles. The number of rotatable bonds is 7. The molecule has 1 saturated carbocycles. The fourth-order valence-electron chi connectivity index (χ4n) is 3.01. The summed E-state index contributed by atoms with van der Waals surface area (Å²) >= 11 is 0. The van der Waals surface area contributed by atoms with Gasteiger partial charge in [-0.3, -0.25) is 9.69 Å². The molecule has 1 aromatic carbocycles. The number of nitrogens with one attached hydrogen (secondary N) is 1. The van der Waals surface area contributed by atoms with E-state index in [1.165, 1.54) is 11.9 Å². The van der Waals surface area contributed by atoms with Crippen LogP contribution in [0.25, 0.3) is 0 Å². The Balaban J connectivity index is 1.82. The molecule has 0 unspecified atom stereocenters. The van der Waals surface area contributed by atoms with E-state index in [0.717, 1.165) is 12.1 Å². The Hall–Kier alpha value is -2.29. The highest BCUT2D eigenvalue weighted by molar-refractivity contribution is 5.74. The van der Waals surface area contributed by atoms with Gasteiger partial charge in [-0.1, -0.05) is 6.92 Å². The molecule has 0 aliphatic heterocycles. The number of benzene rings is 1. The summed E-state index contributed by atoms with van der Waals surface area (Å²) in [5.74, 6) is -5.02. The lowest BCUT2D eigenvalue weighted by Gasteiger charge is -2.42. The molecule has 0 bridgehead atoms. The van der Waals surface area contributed by atoms with Crippen LogP contribution in [0, 0.1) is 17.5 Å². The Morgan fingerprint density at radius 2 is 1.81 bits per heavy atom. The van der Waals surface area contributed by atoms with Crippen molar-refractivity contribution in [2.45, 2.75) is 38.4 Å². The summed E-state index contributed by atoms with van der Waals surface area (Å²) in [6, 6.07) is 1.31. The van der Waals surface area contributed by atoms with Gasteiger partial charge in [0.15, 0.2) is 17.5 Å². The smallest absolute Gasteiger partial charge is 0.317 e. The predicted octanol–water partition coefficient (Wildman–Crippen LogP) is 2.18. The zero-order valence-corrected chi connectivity index (χ0v) is 14.6. The molecule has 2 amide bonds. The molecule has 0 saturated heterocycles. The Kier molecular flexibility index (Phi) is 6.47. The number of aliphatic carboxylic acids is 1. The molecule has 0 atom stereocenters. The van der Waals surface area contributed by atoms with Crippen molar-refractivity contribution in [1.29, 1.82) is 0 Å². The van der Waals surface area contributed by atoms with Crippen LogP contribution in [0.3, 0.4) is 0 Å². The molecule has 1 fully saturated rings. The first-order valence-corrected chi connectivity index (χ1v) is 8.32. The van der Waals surface area contributed by atoms with Crippen LogP contribution in [0.2, 0.25) is 0 Å². The molecule has 26 heavy (non-hydrogen) atoms. The van der Waals surface area contributed by atoms with E-state index in [1.807, 2.05) is 11.8 Å². The molecule has 0 radical (unpaired) electrons. The van der Waals surface area contributed by atoms with Crippen LogP contribution in [0.1, 0.15) is 25.3 Å². The normalized spacial score (nSPS) is 19.2. The zero-order chi connectivity index (χ0) is 19.4. The third-order valence-electron chi connectivity index (χ3n) is 4.51. The van der Waals surface area contributed by atoms with Gasteiger partial charge in [0.1, 0.15) is 0 Å². The van der Waals surface area contributed by atoms with Gasteiger partial charge < -0.3 is 15.3 Å². The third-order valence-corrected chi connectivity index (χ3v) is 4.51. The van der Waals surface area contributed by atoms with E-state index in [0.29, 0.717) is 19.4 Å². The summed E-state index contributed by atoms with van der Waals surface area (Å²) in [7, 11) is 1.47. The minimum atomic E-state index is -1.54. The van der Waals surface area contributed by atoms with Crippen LogP contribution in [0.15, 0.2) is 12.1 Å². The number of likely N-dealkylation sites (N-methyl/N-ethyl adjacent to an activating group) is 1. The highest BCUT2D eigenvalue weighted by atomic mass is 19.2. The van der Waals surface area contributed by atoms with E-state index in [4.69, 9.17) is 5.11 Å². The van der Waals surface area contributed by atoms with Crippen molar-refractivity contribution in [1.82, 2.24) is 15.1 Å². The summed E-state index contributed by atoms with van der Waals surface area (Å²) in [5.41, 5.74) is 0.143. The first-order valence-electron chi connectivity index (χ1n) is 8.32. The van der Waals surface area contributed by atoms with E-state index >= 15 is 0 Å². The van der Waals surface area contributed by atoms with Gasteiger partial charge in [-0.25, -0.2) is 18.0 Å². The van der Waals surface area contributed by atoms with Crippen LogP contribution in [0.4, 0.5) is 18.0 Å². The lowest BCUT2D eigenvalue weighted by Crippen LogP contribution is -2.56. The van der Waals surface area contributed by atoms with Gasteiger partial charge >= 0.3 is 12.0 Å². The number of nitrogens with zero attached hydrogens (tertiary/aromatic N) is 2. The first-order chi connectivity index (χ1) is 12.2. The highest BCUT2D eigenvalue weighted by Gasteiger charge is 2.35. The van der Waals surface area contributed by atoms with Crippen molar-refractivity contribution in [3.8, 4) is 0 Å². The van der Waals surface area contributed by atoms with Gasteiger partial charge in [-0.15, -0.1) is 0 Å². The SMILES string of the molecule is CCN(CC(=O)O)C1CC(NC(=O)N(C)Cc2cc(F)c(F)c(F)c2)C1. The van der Waals surface area contributed by atoms with Gasteiger partial charge in [0.05, 0.1) is 6.54 Å². The van der Waals surface area contributed by atoms with Crippen LogP contribution in [-0.4, -0.2) is 59.1 Å². The number of carboxylic acids is 1. The van der Waals surface area contributed by atoms with Crippen molar-refractivity contribution in [2.75, 3.05) is 20.1 Å². The summed E-state index contributed by atoms with van der Waals surface area (Å²) in [5, 5.41) is 11.7. The number of urea groups is 1. The number of carboxylic acid groups (broad SMARTS) is 1. The maximum absolute atomic E-state index is 13.2. The third kappa shape index (κ3) is 4.87. The summed E-state index contributed by atoms with van der Waals surface area (Å²) in [6.07, 6.45) is 1.28. The quantitative estimate of drug-likeness (QED) is 0.719. The molecule has 144 valence electrons. The van der Waals surface area contributed by atoms with E-state index in [1.54, 1.807) is 0 Å². The largest absolute Gasteiger partial charge is 0.480 e.